The van der Waals surface area contributed by atoms with Gasteiger partial charge in [0.25, 0.3) is 11.6 Å². The molecule has 9 nitrogen and oxygen atoms in total. The number of nitro groups is 1. The summed E-state index contributed by atoms with van der Waals surface area (Å²) in [6.45, 7) is 2.00. The number of rotatable bonds is 6. The van der Waals surface area contributed by atoms with Crippen LogP contribution < -0.4 is 10.1 Å². The lowest BCUT2D eigenvalue weighted by atomic mass is 10.2. The number of ether oxygens (including phenoxy) is 1. The molecule has 30 heavy (non-hydrogen) atoms. The van der Waals surface area contributed by atoms with Gasteiger partial charge < -0.3 is 15.0 Å². The predicted molar refractivity (Wildman–Crippen MR) is 112 cm³/mol. The van der Waals surface area contributed by atoms with E-state index in [9.17, 15) is 19.7 Å². The number of piperazine rings is 1. The number of carbonyl (C=O) groups excluding carboxylic acids is 2. The molecule has 1 saturated heterocycles. The number of nitrogens with zero attached hydrogens (tertiary/aromatic N) is 3. The topological polar surface area (TPSA) is 105 Å². The minimum Gasteiger partial charge on any atom is -0.496 e. The van der Waals surface area contributed by atoms with Crippen molar-refractivity contribution >= 4 is 34.8 Å². The molecule has 0 saturated carbocycles. The number of nitrogens with one attached hydrogen (secondary N) is 1. The molecule has 1 heterocycles. The first-order valence-electron chi connectivity index (χ1n) is 9.27. The van der Waals surface area contributed by atoms with Crippen LogP contribution in [0.4, 0.5) is 11.4 Å². The zero-order valence-electron chi connectivity index (χ0n) is 16.3. The lowest BCUT2D eigenvalue weighted by Gasteiger charge is -2.34. The summed E-state index contributed by atoms with van der Waals surface area (Å²) in [7, 11) is 1.41. The Morgan fingerprint density at radius 2 is 1.87 bits per heavy atom. The summed E-state index contributed by atoms with van der Waals surface area (Å²) in [6.07, 6.45) is 0. The van der Waals surface area contributed by atoms with Crippen LogP contribution in [-0.2, 0) is 4.79 Å². The quantitative estimate of drug-likeness (QED) is 0.555. The van der Waals surface area contributed by atoms with Gasteiger partial charge in [0.15, 0.2) is 0 Å². The molecule has 2 aromatic carbocycles. The molecule has 0 spiro atoms. The maximum Gasteiger partial charge on any atom is 0.296 e. The summed E-state index contributed by atoms with van der Waals surface area (Å²) in [5.41, 5.74) is 0.327. The average molecular weight is 433 g/mol. The fourth-order valence-corrected chi connectivity index (χ4v) is 3.42. The molecule has 2 aromatic rings. The van der Waals surface area contributed by atoms with Gasteiger partial charge >= 0.3 is 0 Å². The molecule has 2 amide bonds. The zero-order valence-corrected chi connectivity index (χ0v) is 17.1. The number of amides is 2. The first kappa shape index (κ1) is 21.5. The van der Waals surface area contributed by atoms with Gasteiger partial charge in [0.2, 0.25) is 5.91 Å². The number of hydrogen-bond donors (Lipinski definition) is 1. The third-order valence-corrected chi connectivity index (χ3v) is 5.14. The normalized spacial score (nSPS) is 14.3. The standard InChI is InChI=1S/C20H21ClN4O5/c1-30-14-6-7-17(18(12-14)25(28)29)22-19(26)13-23-8-10-24(11-9-23)20(27)15-4-2-3-5-16(15)21/h2-7,12H,8-11,13H2,1H3,(H,22,26). The van der Waals surface area contributed by atoms with Crippen LogP contribution in [0, 0.1) is 10.1 Å². The first-order chi connectivity index (χ1) is 14.4. The molecule has 0 radical (unpaired) electrons. The van der Waals surface area contributed by atoms with Gasteiger partial charge in [0.1, 0.15) is 11.4 Å². The molecule has 3 rings (SSSR count). The van der Waals surface area contributed by atoms with E-state index in [1.807, 2.05) is 4.90 Å². The van der Waals surface area contributed by atoms with Crippen LogP contribution in [0.1, 0.15) is 10.4 Å². The van der Waals surface area contributed by atoms with Crippen molar-refractivity contribution in [3.05, 3.63) is 63.2 Å². The highest BCUT2D eigenvalue weighted by Crippen LogP contribution is 2.29. The van der Waals surface area contributed by atoms with Crippen molar-refractivity contribution in [2.45, 2.75) is 0 Å². The number of hydrogen-bond acceptors (Lipinski definition) is 6. The molecule has 1 fully saturated rings. The van der Waals surface area contributed by atoms with E-state index in [-0.39, 0.29) is 29.7 Å². The highest BCUT2D eigenvalue weighted by atomic mass is 35.5. The van der Waals surface area contributed by atoms with Crippen molar-refractivity contribution in [1.82, 2.24) is 9.80 Å². The molecule has 0 unspecified atom stereocenters. The molecule has 0 aromatic heterocycles. The van der Waals surface area contributed by atoms with Gasteiger partial charge in [0, 0.05) is 26.2 Å². The first-order valence-corrected chi connectivity index (χ1v) is 9.65. The van der Waals surface area contributed by atoms with E-state index < -0.39 is 4.92 Å². The third kappa shape index (κ3) is 5.05. The number of benzene rings is 2. The number of anilines is 1. The van der Waals surface area contributed by atoms with Gasteiger partial charge in [-0.15, -0.1) is 0 Å². The van der Waals surface area contributed by atoms with E-state index in [0.29, 0.717) is 42.5 Å². The van der Waals surface area contributed by atoms with Crippen LogP contribution in [0.2, 0.25) is 5.02 Å². The highest BCUT2D eigenvalue weighted by Gasteiger charge is 2.25. The van der Waals surface area contributed by atoms with Gasteiger partial charge in [0.05, 0.1) is 35.2 Å². The van der Waals surface area contributed by atoms with Crippen LogP contribution in [0.5, 0.6) is 5.75 Å². The predicted octanol–water partition coefficient (Wildman–Crippen LogP) is 2.65. The second-order valence-corrected chi connectivity index (χ2v) is 7.14. The van der Waals surface area contributed by atoms with Gasteiger partial charge in [-0.25, -0.2) is 0 Å². The van der Waals surface area contributed by atoms with Crippen LogP contribution in [0.15, 0.2) is 42.5 Å². The molecule has 1 aliphatic rings. The molecule has 0 bridgehead atoms. The molecule has 0 aliphatic carbocycles. The fourth-order valence-electron chi connectivity index (χ4n) is 3.20. The van der Waals surface area contributed by atoms with E-state index in [0.717, 1.165) is 0 Å². The van der Waals surface area contributed by atoms with Crippen LogP contribution in [0.3, 0.4) is 0 Å². The van der Waals surface area contributed by atoms with Crippen molar-refractivity contribution < 1.29 is 19.2 Å². The fraction of sp³-hybridized carbons (Fsp3) is 0.300. The number of halogens is 1. The Hall–Kier alpha value is -3.17. The van der Waals surface area contributed by atoms with Gasteiger partial charge in [-0.05, 0) is 24.3 Å². The molecule has 1 N–H and O–H groups in total. The average Bonchev–Trinajstić information content (AvgIpc) is 2.74. The van der Waals surface area contributed by atoms with Crippen molar-refractivity contribution in [3.63, 3.8) is 0 Å². The molecular formula is C20H21ClN4O5. The second-order valence-electron chi connectivity index (χ2n) is 6.74. The Kier molecular flexibility index (Phi) is 6.86. The Morgan fingerprint density at radius 3 is 2.50 bits per heavy atom. The molecule has 0 atom stereocenters. The maximum absolute atomic E-state index is 12.6. The lowest BCUT2D eigenvalue weighted by Crippen LogP contribution is -2.50. The molecule has 158 valence electrons. The Balaban J connectivity index is 1.55. The van der Waals surface area contributed by atoms with E-state index in [2.05, 4.69) is 5.32 Å². The van der Waals surface area contributed by atoms with E-state index >= 15 is 0 Å². The highest BCUT2D eigenvalue weighted by molar-refractivity contribution is 6.33. The maximum atomic E-state index is 12.6. The molecule has 1 aliphatic heterocycles. The number of carbonyl (C=O) groups is 2. The smallest absolute Gasteiger partial charge is 0.296 e. The van der Waals surface area contributed by atoms with Crippen molar-refractivity contribution in [1.29, 1.82) is 0 Å². The summed E-state index contributed by atoms with van der Waals surface area (Å²) in [4.78, 5) is 39.3. The summed E-state index contributed by atoms with van der Waals surface area (Å²) in [5.74, 6) is -0.174. The second kappa shape index (κ2) is 9.55. The van der Waals surface area contributed by atoms with Crippen LogP contribution >= 0.6 is 11.6 Å². The van der Waals surface area contributed by atoms with Crippen molar-refractivity contribution in [2.24, 2.45) is 0 Å². The SMILES string of the molecule is COc1ccc(NC(=O)CN2CCN(C(=O)c3ccccc3Cl)CC2)c([N+](=O)[O-])c1. The summed E-state index contributed by atoms with van der Waals surface area (Å²) in [5, 5.41) is 14.2. The Bertz CT molecular complexity index is 960. The van der Waals surface area contributed by atoms with Crippen LogP contribution in [0.25, 0.3) is 0 Å². The monoisotopic (exact) mass is 432 g/mol. The Morgan fingerprint density at radius 1 is 1.17 bits per heavy atom. The summed E-state index contributed by atoms with van der Waals surface area (Å²) < 4.78 is 4.99. The van der Waals surface area contributed by atoms with E-state index in [1.165, 1.54) is 19.2 Å². The van der Waals surface area contributed by atoms with Crippen molar-refractivity contribution in [3.8, 4) is 5.75 Å². The molecule has 10 heteroatoms. The zero-order chi connectivity index (χ0) is 21.7. The molecular weight excluding hydrogens is 412 g/mol. The van der Waals surface area contributed by atoms with Crippen molar-refractivity contribution in [2.75, 3.05) is 45.2 Å². The minimum atomic E-state index is -0.572. The minimum absolute atomic E-state index is 0.0668. The number of nitro benzene ring substituents is 1. The van der Waals surface area contributed by atoms with Gasteiger partial charge in [-0.3, -0.25) is 24.6 Å². The Labute approximate surface area is 178 Å². The van der Waals surface area contributed by atoms with Crippen LogP contribution in [-0.4, -0.2) is 66.4 Å². The van der Waals surface area contributed by atoms with Gasteiger partial charge in [-0.2, -0.15) is 0 Å². The summed E-state index contributed by atoms with van der Waals surface area (Å²) >= 11 is 6.10. The third-order valence-electron chi connectivity index (χ3n) is 4.81. The number of methoxy groups -OCH3 is 1. The lowest BCUT2D eigenvalue weighted by molar-refractivity contribution is -0.384. The largest absolute Gasteiger partial charge is 0.496 e. The van der Waals surface area contributed by atoms with E-state index in [4.69, 9.17) is 16.3 Å². The van der Waals surface area contributed by atoms with Gasteiger partial charge in [-0.1, -0.05) is 23.7 Å². The summed E-state index contributed by atoms with van der Waals surface area (Å²) in [6, 6.07) is 11.1. The van der Waals surface area contributed by atoms with E-state index in [1.54, 1.807) is 35.2 Å².